The average Bonchev–Trinajstić information content (AvgIpc) is 3.69. The van der Waals surface area contributed by atoms with Gasteiger partial charge in [0, 0.05) is 44.1 Å². The van der Waals surface area contributed by atoms with Gasteiger partial charge in [0.05, 0.1) is 27.5 Å². The summed E-state index contributed by atoms with van der Waals surface area (Å²) in [6.45, 7) is 0. The lowest BCUT2D eigenvalue weighted by atomic mass is 9.73. The molecule has 8 aromatic rings. The summed E-state index contributed by atoms with van der Waals surface area (Å²) in [5.74, 6) is 0.636. The van der Waals surface area contributed by atoms with Crippen molar-refractivity contribution in [1.82, 2.24) is 9.55 Å². The summed E-state index contributed by atoms with van der Waals surface area (Å²) in [6, 6.07) is 48.2. The fourth-order valence-electron chi connectivity index (χ4n) is 7.77. The van der Waals surface area contributed by atoms with Gasteiger partial charge in [-0.2, -0.15) is 0 Å². The second-order valence-electron chi connectivity index (χ2n) is 12.3. The molecule has 0 saturated carbocycles. The zero-order valence-electron chi connectivity index (χ0n) is 25.0. The molecule has 2 aliphatic rings. The lowest BCUT2D eigenvalue weighted by molar-refractivity contribution is 0.730. The summed E-state index contributed by atoms with van der Waals surface area (Å²) in [5, 5.41) is 5.08. The Bertz CT molecular complexity index is 2530. The van der Waals surface area contributed by atoms with Crippen molar-refractivity contribution in [3.8, 4) is 38.8 Å². The molecule has 0 saturated heterocycles. The van der Waals surface area contributed by atoms with Crippen LogP contribution in [-0.4, -0.2) is 9.55 Å². The maximum atomic E-state index is 5.23. The Balaban J connectivity index is 1.18. The molecule has 0 aliphatic heterocycles. The molecule has 0 spiro atoms. The predicted octanol–water partition coefficient (Wildman–Crippen LogP) is 11.7. The summed E-state index contributed by atoms with van der Waals surface area (Å²) in [4.78, 5) is 6.62. The lowest BCUT2D eigenvalue weighted by Gasteiger charge is -2.31. The second kappa shape index (κ2) is 10.00. The molecule has 2 aliphatic carbocycles. The van der Waals surface area contributed by atoms with Gasteiger partial charge in [0.1, 0.15) is 0 Å². The second-order valence-corrected chi connectivity index (χ2v) is 13.3. The number of hydrogen-bond acceptors (Lipinski definition) is 2. The van der Waals surface area contributed by atoms with Crippen LogP contribution < -0.4 is 0 Å². The molecule has 2 atom stereocenters. The van der Waals surface area contributed by atoms with Gasteiger partial charge >= 0.3 is 0 Å². The van der Waals surface area contributed by atoms with Gasteiger partial charge in [0.2, 0.25) is 0 Å². The highest BCUT2D eigenvalue weighted by atomic mass is 32.1. The number of rotatable bonds is 3. The van der Waals surface area contributed by atoms with Gasteiger partial charge in [0.15, 0.2) is 0 Å². The monoisotopic (exact) mass is 604 g/mol. The van der Waals surface area contributed by atoms with E-state index in [4.69, 9.17) is 4.98 Å². The van der Waals surface area contributed by atoms with Crippen molar-refractivity contribution in [2.24, 2.45) is 0 Å². The molecule has 46 heavy (non-hydrogen) atoms. The van der Waals surface area contributed by atoms with E-state index in [9.17, 15) is 0 Å². The molecule has 0 bridgehead atoms. The first kappa shape index (κ1) is 25.8. The van der Waals surface area contributed by atoms with E-state index in [-0.39, 0.29) is 0 Å². The first-order chi connectivity index (χ1) is 22.8. The van der Waals surface area contributed by atoms with Crippen LogP contribution >= 0.6 is 11.3 Å². The van der Waals surface area contributed by atoms with E-state index in [0.717, 1.165) is 22.5 Å². The Labute approximate surface area is 271 Å². The largest absolute Gasteiger partial charge is 0.308 e. The average molecular weight is 605 g/mol. The van der Waals surface area contributed by atoms with Crippen molar-refractivity contribution < 1.29 is 0 Å². The van der Waals surface area contributed by atoms with Crippen LogP contribution in [0.1, 0.15) is 23.0 Å². The van der Waals surface area contributed by atoms with Crippen LogP contribution in [0.3, 0.4) is 0 Å². The molecule has 3 heterocycles. The molecule has 216 valence electrons. The van der Waals surface area contributed by atoms with E-state index in [1.54, 1.807) is 0 Å². The van der Waals surface area contributed by atoms with E-state index >= 15 is 0 Å². The van der Waals surface area contributed by atoms with Crippen LogP contribution in [0.2, 0.25) is 0 Å². The molecular formula is C43H28N2S. The highest BCUT2D eigenvalue weighted by Gasteiger charge is 2.39. The fourth-order valence-corrected chi connectivity index (χ4v) is 9.08. The number of benzene rings is 5. The van der Waals surface area contributed by atoms with E-state index in [2.05, 4.69) is 162 Å². The van der Waals surface area contributed by atoms with Gasteiger partial charge < -0.3 is 4.57 Å². The number of thiophene rings is 1. The summed E-state index contributed by atoms with van der Waals surface area (Å²) in [7, 11) is 0. The Morgan fingerprint density at radius 1 is 0.565 bits per heavy atom. The molecule has 2 nitrogen and oxygen atoms in total. The number of allylic oxidation sites excluding steroid dienone is 4. The first-order valence-electron chi connectivity index (χ1n) is 15.9. The zero-order chi connectivity index (χ0) is 30.2. The summed E-state index contributed by atoms with van der Waals surface area (Å²) < 4.78 is 3.86. The molecule has 0 amide bonds. The minimum absolute atomic E-state index is 0.300. The van der Waals surface area contributed by atoms with Crippen LogP contribution in [-0.2, 0) is 0 Å². The predicted molar refractivity (Wildman–Crippen MR) is 194 cm³/mol. The minimum atomic E-state index is 0.300. The first-order valence-corrected chi connectivity index (χ1v) is 16.7. The number of pyridine rings is 1. The summed E-state index contributed by atoms with van der Waals surface area (Å²) in [6.07, 6.45) is 9.28. The third-order valence-corrected chi connectivity index (χ3v) is 11.0. The van der Waals surface area contributed by atoms with Crippen LogP contribution in [0.5, 0.6) is 0 Å². The third-order valence-electron chi connectivity index (χ3n) is 9.77. The molecule has 3 aromatic heterocycles. The molecule has 0 fully saturated rings. The quantitative estimate of drug-likeness (QED) is 0.196. The van der Waals surface area contributed by atoms with Gasteiger partial charge in [-0.15, -0.1) is 11.3 Å². The van der Waals surface area contributed by atoms with E-state index < -0.39 is 0 Å². The van der Waals surface area contributed by atoms with Gasteiger partial charge in [-0.25, -0.2) is 4.98 Å². The molecule has 0 radical (unpaired) electrons. The number of hydrogen-bond donors (Lipinski definition) is 0. The highest BCUT2D eigenvalue weighted by molar-refractivity contribution is 7.22. The molecular weight excluding hydrogens is 577 g/mol. The topological polar surface area (TPSA) is 17.8 Å². The summed E-state index contributed by atoms with van der Waals surface area (Å²) >= 11 is 1.93. The Morgan fingerprint density at radius 3 is 2.07 bits per heavy atom. The SMILES string of the molecule is C1=CC2c3c(sc4ccccc34)-c3c(c4ccccc4n3-c3ccc(-c4cc5ccccc5c(-c5ccccc5)n4)cc3)C2C=C1. The smallest absolute Gasteiger partial charge is 0.0787 e. The van der Waals surface area contributed by atoms with E-state index in [1.807, 2.05) is 11.3 Å². The van der Waals surface area contributed by atoms with Gasteiger partial charge in [-0.05, 0) is 52.2 Å². The van der Waals surface area contributed by atoms with Gasteiger partial charge in [0.25, 0.3) is 0 Å². The van der Waals surface area contributed by atoms with Crippen LogP contribution in [0.15, 0.2) is 158 Å². The Kier molecular flexibility index (Phi) is 5.60. The maximum Gasteiger partial charge on any atom is 0.0787 e. The summed E-state index contributed by atoms with van der Waals surface area (Å²) in [5.41, 5.74) is 10.9. The van der Waals surface area contributed by atoms with Crippen molar-refractivity contribution in [2.75, 3.05) is 0 Å². The van der Waals surface area contributed by atoms with Crippen LogP contribution in [0.25, 0.3) is 70.5 Å². The normalized spacial score (nSPS) is 16.5. The van der Waals surface area contributed by atoms with Crippen LogP contribution in [0.4, 0.5) is 0 Å². The number of fused-ring (bicyclic) bond motifs is 11. The molecule has 5 aromatic carbocycles. The van der Waals surface area contributed by atoms with Crippen molar-refractivity contribution in [2.45, 2.75) is 11.8 Å². The molecule has 2 unspecified atom stereocenters. The van der Waals surface area contributed by atoms with Crippen molar-refractivity contribution >= 4 is 43.1 Å². The molecule has 3 heteroatoms. The standard InChI is InChI=1S/C43H28N2S/c1-2-12-28(13-3-1)41-31-15-5-4-14-29(31)26-36(44-41)27-22-24-30(25-23-27)45-37-20-10-8-18-34(37)39-32-16-6-7-17-33(32)40-35-19-9-11-21-38(35)46-43(40)42(39)45/h1-26,32-33H. The van der Waals surface area contributed by atoms with Crippen LogP contribution in [0, 0.1) is 0 Å². The highest BCUT2D eigenvalue weighted by Crippen LogP contribution is 2.57. The fraction of sp³-hybridized carbons (Fsp3) is 0.0465. The zero-order valence-corrected chi connectivity index (χ0v) is 25.8. The third kappa shape index (κ3) is 3.73. The Hall–Kier alpha value is -5.51. The van der Waals surface area contributed by atoms with Gasteiger partial charge in [-0.3, -0.25) is 0 Å². The lowest BCUT2D eigenvalue weighted by Crippen LogP contribution is -2.15. The molecule has 10 rings (SSSR count). The van der Waals surface area contributed by atoms with E-state index in [0.29, 0.717) is 11.8 Å². The number of aromatic nitrogens is 2. The number of para-hydroxylation sites is 1. The molecule has 0 N–H and O–H groups in total. The van der Waals surface area contributed by atoms with Crippen molar-refractivity contribution in [3.63, 3.8) is 0 Å². The number of nitrogens with zero attached hydrogens (tertiary/aromatic N) is 2. The van der Waals surface area contributed by atoms with Gasteiger partial charge in [-0.1, -0.05) is 127 Å². The van der Waals surface area contributed by atoms with Crippen molar-refractivity contribution in [1.29, 1.82) is 0 Å². The van der Waals surface area contributed by atoms with Crippen molar-refractivity contribution in [3.05, 3.63) is 169 Å². The Morgan fingerprint density at radius 2 is 1.24 bits per heavy atom. The van der Waals surface area contributed by atoms with E-state index in [1.165, 1.54) is 59.1 Å². The maximum absolute atomic E-state index is 5.23. The minimum Gasteiger partial charge on any atom is -0.308 e.